The molecule has 1 aromatic rings. The van der Waals surface area contributed by atoms with E-state index in [1.54, 1.807) is 0 Å². The molecule has 1 saturated carbocycles. The molecule has 0 aliphatic heterocycles. The van der Waals surface area contributed by atoms with Crippen molar-refractivity contribution in [2.75, 3.05) is 5.32 Å². The quantitative estimate of drug-likeness (QED) is 0.761. The number of allylic oxidation sites excluding steroid dienone is 1. The molecule has 84 valence electrons. The van der Waals surface area contributed by atoms with Crippen molar-refractivity contribution in [3.63, 3.8) is 0 Å². The fourth-order valence-corrected chi connectivity index (χ4v) is 3.10. The zero-order valence-electron chi connectivity index (χ0n) is 9.41. The lowest BCUT2D eigenvalue weighted by Crippen LogP contribution is -2.43. The first-order valence-corrected chi connectivity index (χ1v) is 6.31. The predicted molar refractivity (Wildman–Crippen MR) is 69.0 cm³/mol. The van der Waals surface area contributed by atoms with Crippen molar-refractivity contribution in [3.8, 4) is 0 Å². The van der Waals surface area contributed by atoms with Gasteiger partial charge in [0, 0.05) is 22.7 Å². The summed E-state index contributed by atoms with van der Waals surface area (Å²) in [7, 11) is 0. The number of anilines is 1. The van der Waals surface area contributed by atoms with Crippen LogP contribution in [0.1, 0.15) is 18.4 Å². The fraction of sp³-hybridized carbons (Fsp3) is 0.429. The molecule has 0 spiro atoms. The van der Waals surface area contributed by atoms with Crippen LogP contribution in [0.5, 0.6) is 0 Å². The Kier molecular flexibility index (Phi) is 2.44. The van der Waals surface area contributed by atoms with Crippen LogP contribution in [0.2, 0.25) is 5.02 Å². The molecular weight excluding hydrogens is 218 g/mol. The van der Waals surface area contributed by atoms with Crippen LogP contribution in [0.25, 0.3) is 0 Å². The Morgan fingerprint density at radius 1 is 1.38 bits per heavy atom. The Hall–Kier alpha value is -0.950. The number of nitrogens with one attached hydrogen (secondary N) is 1. The summed E-state index contributed by atoms with van der Waals surface area (Å²) in [4.78, 5) is 0. The number of hydrogen-bond acceptors (Lipinski definition) is 1. The largest absolute Gasteiger partial charge is 0.381 e. The number of halogens is 1. The summed E-state index contributed by atoms with van der Waals surface area (Å²) in [5.74, 6) is 1.67. The SMILES string of the molecule is Cc1cc(Cl)ccc1NC1CC2CC=CC21. The summed E-state index contributed by atoms with van der Waals surface area (Å²) in [6.45, 7) is 2.11. The van der Waals surface area contributed by atoms with E-state index in [2.05, 4.69) is 30.5 Å². The van der Waals surface area contributed by atoms with E-state index in [1.807, 2.05) is 12.1 Å². The molecule has 3 unspecified atom stereocenters. The molecule has 2 aliphatic rings. The number of rotatable bonds is 2. The third kappa shape index (κ3) is 1.63. The van der Waals surface area contributed by atoms with Gasteiger partial charge in [-0.15, -0.1) is 0 Å². The van der Waals surface area contributed by atoms with Crippen LogP contribution in [-0.4, -0.2) is 6.04 Å². The van der Waals surface area contributed by atoms with Crippen molar-refractivity contribution in [1.82, 2.24) is 0 Å². The minimum absolute atomic E-state index is 0.628. The Morgan fingerprint density at radius 3 is 3.00 bits per heavy atom. The van der Waals surface area contributed by atoms with Crippen LogP contribution in [-0.2, 0) is 0 Å². The van der Waals surface area contributed by atoms with E-state index >= 15 is 0 Å². The predicted octanol–water partition coefficient (Wildman–Crippen LogP) is 4.02. The molecule has 1 nitrogen and oxygen atoms in total. The maximum atomic E-state index is 5.95. The van der Waals surface area contributed by atoms with E-state index in [4.69, 9.17) is 11.6 Å². The monoisotopic (exact) mass is 233 g/mol. The molecule has 16 heavy (non-hydrogen) atoms. The van der Waals surface area contributed by atoms with E-state index in [-0.39, 0.29) is 0 Å². The van der Waals surface area contributed by atoms with Crippen LogP contribution < -0.4 is 5.32 Å². The lowest BCUT2D eigenvalue weighted by molar-refractivity contribution is 0.218. The van der Waals surface area contributed by atoms with E-state index < -0.39 is 0 Å². The van der Waals surface area contributed by atoms with Crippen molar-refractivity contribution in [1.29, 1.82) is 0 Å². The summed E-state index contributed by atoms with van der Waals surface area (Å²) in [6, 6.07) is 6.69. The van der Waals surface area contributed by atoms with Gasteiger partial charge >= 0.3 is 0 Å². The number of benzene rings is 1. The highest BCUT2D eigenvalue weighted by Crippen LogP contribution is 2.44. The van der Waals surface area contributed by atoms with Gasteiger partial charge in [0.2, 0.25) is 0 Å². The first kappa shape index (κ1) is 10.2. The Balaban J connectivity index is 1.73. The fourth-order valence-electron chi connectivity index (χ4n) is 2.87. The summed E-state index contributed by atoms with van der Waals surface area (Å²) < 4.78 is 0. The molecule has 0 bridgehead atoms. The third-order valence-electron chi connectivity index (χ3n) is 3.89. The molecule has 2 aliphatic carbocycles. The van der Waals surface area contributed by atoms with Gasteiger partial charge in [0.05, 0.1) is 0 Å². The summed E-state index contributed by atoms with van der Waals surface area (Å²) in [5.41, 5.74) is 2.46. The standard InChI is InChI=1S/C14H16ClN/c1-9-7-11(15)5-6-13(9)16-14-8-10-3-2-4-12(10)14/h2,4-7,10,12,14,16H,3,8H2,1H3. The van der Waals surface area contributed by atoms with Crippen LogP contribution in [0.4, 0.5) is 5.69 Å². The van der Waals surface area contributed by atoms with Gasteiger partial charge in [-0.3, -0.25) is 0 Å². The normalized spacial score (nSPS) is 31.0. The second-order valence-corrected chi connectivity index (χ2v) is 5.38. The molecule has 0 radical (unpaired) electrons. The third-order valence-corrected chi connectivity index (χ3v) is 4.13. The second-order valence-electron chi connectivity index (χ2n) is 4.95. The topological polar surface area (TPSA) is 12.0 Å². The minimum atomic E-state index is 0.628. The lowest BCUT2D eigenvalue weighted by Gasteiger charge is -2.41. The van der Waals surface area contributed by atoms with Gasteiger partial charge in [0.1, 0.15) is 0 Å². The number of aryl methyl sites for hydroxylation is 1. The van der Waals surface area contributed by atoms with E-state index in [1.165, 1.54) is 24.1 Å². The van der Waals surface area contributed by atoms with Crippen LogP contribution in [0, 0.1) is 18.8 Å². The van der Waals surface area contributed by atoms with Crippen molar-refractivity contribution in [2.45, 2.75) is 25.8 Å². The van der Waals surface area contributed by atoms with Gasteiger partial charge in [-0.05, 0) is 49.4 Å². The summed E-state index contributed by atoms with van der Waals surface area (Å²) in [5, 5.41) is 4.45. The average Bonchev–Trinajstić information content (AvgIpc) is 2.59. The van der Waals surface area contributed by atoms with Gasteiger partial charge in [-0.25, -0.2) is 0 Å². The molecule has 0 aromatic heterocycles. The minimum Gasteiger partial charge on any atom is -0.381 e. The van der Waals surface area contributed by atoms with Gasteiger partial charge in [0.25, 0.3) is 0 Å². The molecular formula is C14H16ClN. The smallest absolute Gasteiger partial charge is 0.0410 e. The zero-order valence-corrected chi connectivity index (χ0v) is 10.2. The highest BCUT2D eigenvalue weighted by Gasteiger charge is 2.40. The molecule has 0 heterocycles. The second kappa shape index (κ2) is 3.81. The van der Waals surface area contributed by atoms with Crippen LogP contribution in [0.3, 0.4) is 0 Å². The molecule has 0 saturated heterocycles. The number of fused-ring (bicyclic) bond motifs is 1. The maximum Gasteiger partial charge on any atom is 0.0410 e. The van der Waals surface area contributed by atoms with Gasteiger partial charge < -0.3 is 5.32 Å². The van der Waals surface area contributed by atoms with E-state index in [0.29, 0.717) is 6.04 Å². The van der Waals surface area contributed by atoms with Gasteiger partial charge in [-0.1, -0.05) is 23.8 Å². The van der Waals surface area contributed by atoms with Crippen LogP contribution in [0.15, 0.2) is 30.4 Å². The molecule has 3 atom stereocenters. The van der Waals surface area contributed by atoms with Crippen molar-refractivity contribution < 1.29 is 0 Å². The van der Waals surface area contributed by atoms with Crippen molar-refractivity contribution in [2.24, 2.45) is 11.8 Å². The Labute approximate surface area is 102 Å². The first-order valence-electron chi connectivity index (χ1n) is 5.93. The molecule has 1 N–H and O–H groups in total. The zero-order chi connectivity index (χ0) is 11.1. The molecule has 3 rings (SSSR count). The molecule has 2 heteroatoms. The Morgan fingerprint density at radius 2 is 2.25 bits per heavy atom. The lowest BCUT2D eigenvalue weighted by atomic mass is 9.71. The van der Waals surface area contributed by atoms with Gasteiger partial charge in [0.15, 0.2) is 0 Å². The molecule has 0 amide bonds. The highest BCUT2D eigenvalue weighted by molar-refractivity contribution is 6.30. The summed E-state index contributed by atoms with van der Waals surface area (Å²) in [6.07, 6.45) is 7.28. The maximum absolute atomic E-state index is 5.95. The average molecular weight is 234 g/mol. The van der Waals surface area contributed by atoms with Crippen LogP contribution >= 0.6 is 11.6 Å². The van der Waals surface area contributed by atoms with E-state index in [9.17, 15) is 0 Å². The molecule has 1 fully saturated rings. The van der Waals surface area contributed by atoms with Crippen molar-refractivity contribution in [3.05, 3.63) is 40.9 Å². The highest BCUT2D eigenvalue weighted by atomic mass is 35.5. The number of hydrogen-bond donors (Lipinski definition) is 1. The first-order chi connectivity index (χ1) is 7.74. The molecule has 1 aromatic carbocycles. The van der Waals surface area contributed by atoms with Crippen molar-refractivity contribution >= 4 is 17.3 Å². The van der Waals surface area contributed by atoms with Gasteiger partial charge in [-0.2, -0.15) is 0 Å². The summed E-state index contributed by atoms with van der Waals surface area (Å²) >= 11 is 5.95. The Bertz CT molecular complexity index is 438. The van der Waals surface area contributed by atoms with E-state index in [0.717, 1.165) is 16.9 Å².